The highest BCUT2D eigenvalue weighted by Gasteiger charge is 2.46. The molecular weight excluding hydrogens is 340 g/mol. The Morgan fingerprint density at radius 1 is 1.00 bits per heavy atom. The van der Waals surface area contributed by atoms with Crippen molar-refractivity contribution in [2.45, 2.75) is 37.5 Å². The van der Waals surface area contributed by atoms with Gasteiger partial charge in [-0.3, -0.25) is 0 Å². The first-order chi connectivity index (χ1) is 12.2. The lowest BCUT2D eigenvalue weighted by Gasteiger charge is -2.28. The quantitative estimate of drug-likeness (QED) is 0.605. The van der Waals surface area contributed by atoms with E-state index >= 15 is 0 Å². The average molecular weight is 369 g/mol. The van der Waals surface area contributed by atoms with Crippen molar-refractivity contribution in [3.63, 3.8) is 0 Å². The number of hydrogen-bond donors (Lipinski definition) is 0. The lowest BCUT2D eigenvalue weighted by molar-refractivity contribution is 0.308. The van der Waals surface area contributed by atoms with Crippen LogP contribution in [0.25, 0.3) is 0 Å². The summed E-state index contributed by atoms with van der Waals surface area (Å²) in [6.07, 6.45) is 5.53. The van der Waals surface area contributed by atoms with Crippen LogP contribution < -0.4 is 0 Å². The maximum Gasteiger partial charge on any atom is 0.0850 e. The van der Waals surface area contributed by atoms with Crippen LogP contribution in [0.15, 0.2) is 60.7 Å². The second-order valence-electron chi connectivity index (χ2n) is 7.37. The molecule has 0 radical (unpaired) electrons. The van der Waals surface area contributed by atoms with Crippen LogP contribution >= 0.6 is 12.4 Å². The van der Waals surface area contributed by atoms with Gasteiger partial charge in [0.05, 0.1) is 11.5 Å². The summed E-state index contributed by atoms with van der Waals surface area (Å²) in [4.78, 5) is 2.40. The molecule has 2 nitrogen and oxygen atoms in total. The molecule has 2 aromatic rings. The molecule has 2 aromatic carbocycles. The Labute approximate surface area is 164 Å². The second kappa shape index (κ2) is 9.76. The molecule has 26 heavy (non-hydrogen) atoms. The average Bonchev–Trinajstić information content (AvgIpc) is 3.51. The van der Waals surface area contributed by atoms with E-state index in [0.29, 0.717) is 5.92 Å². The second-order valence-corrected chi connectivity index (χ2v) is 7.37. The van der Waals surface area contributed by atoms with Gasteiger partial charge in [-0.2, -0.15) is 5.26 Å². The molecule has 0 heterocycles. The van der Waals surface area contributed by atoms with Gasteiger partial charge in [-0.25, -0.2) is 0 Å². The lowest BCUT2D eigenvalue weighted by atomic mass is 9.74. The zero-order valence-corrected chi connectivity index (χ0v) is 16.4. The van der Waals surface area contributed by atoms with Gasteiger partial charge in [0.1, 0.15) is 0 Å². The first-order valence-corrected chi connectivity index (χ1v) is 9.44. The van der Waals surface area contributed by atoms with Gasteiger partial charge >= 0.3 is 0 Å². The van der Waals surface area contributed by atoms with Crippen molar-refractivity contribution in [2.24, 2.45) is 5.92 Å². The maximum atomic E-state index is 9.99. The highest BCUT2D eigenvalue weighted by Crippen LogP contribution is 2.49. The summed E-state index contributed by atoms with van der Waals surface area (Å²) in [5.74, 6) is 0.550. The fourth-order valence-electron chi connectivity index (χ4n) is 3.81. The highest BCUT2D eigenvalue weighted by atomic mass is 35.5. The van der Waals surface area contributed by atoms with E-state index in [9.17, 15) is 5.26 Å². The SMILES string of the molecule is CN(CCCC(C#N)(c1ccccc1)C1CC1)CCc1ccccc1.Cl. The van der Waals surface area contributed by atoms with Gasteiger partial charge in [-0.05, 0) is 62.7 Å². The van der Waals surface area contributed by atoms with E-state index < -0.39 is 0 Å². The molecule has 0 amide bonds. The molecule has 0 aromatic heterocycles. The van der Waals surface area contributed by atoms with E-state index in [-0.39, 0.29) is 17.8 Å². The Hall–Kier alpha value is -1.82. The number of likely N-dealkylation sites (N-methyl/N-ethyl adjacent to an activating group) is 1. The summed E-state index contributed by atoms with van der Waals surface area (Å²) in [6.45, 7) is 2.12. The van der Waals surface area contributed by atoms with E-state index in [1.54, 1.807) is 0 Å². The van der Waals surface area contributed by atoms with Gasteiger partial charge in [-0.1, -0.05) is 60.7 Å². The fraction of sp³-hybridized carbons (Fsp3) is 0.435. The molecule has 1 fully saturated rings. The molecule has 0 N–H and O–H groups in total. The molecule has 0 bridgehead atoms. The molecule has 0 saturated heterocycles. The minimum Gasteiger partial charge on any atom is -0.306 e. The normalized spacial score (nSPS) is 15.7. The molecule has 1 aliphatic carbocycles. The zero-order chi connectivity index (χ0) is 17.5. The van der Waals surface area contributed by atoms with Crippen LogP contribution in [-0.2, 0) is 11.8 Å². The Morgan fingerprint density at radius 3 is 2.19 bits per heavy atom. The monoisotopic (exact) mass is 368 g/mol. The summed E-state index contributed by atoms with van der Waals surface area (Å²) < 4.78 is 0. The molecule has 0 aliphatic heterocycles. The van der Waals surface area contributed by atoms with Crippen LogP contribution in [0.2, 0.25) is 0 Å². The first-order valence-electron chi connectivity index (χ1n) is 9.44. The van der Waals surface area contributed by atoms with E-state index in [2.05, 4.69) is 72.6 Å². The maximum absolute atomic E-state index is 9.99. The number of nitriles is 1. The number of nitrogens with zero attached hydrogens (tertiary/aromatic N) is 2. The van der Waals surface area contributed by atoms with Crippen LogP contribution in [0.4, 0.5) is 0 Å². The standard InChI is InChI=1S/C23H28N2.ClH/c1-25(18-15-20-9-4-2-5-10-20)17-8-16-23(19-24,22-13-14-22)21-11-6-3-7-12-21;/h2-7,9-12,22H,8,13-18H2,1H3;1H. The Balaban J connectivity index is 0.00000243. The van der Waals surface area contributed by atoms with Crippen molar-refractivity contribution < 1.29 is 0 Å². The van der Waals surface area contributed by atoms with Crippen LogP contribution in [-0.4, -0.2) is 25.0 Å². The van der Waals surface area contributed by atoms with E-state index in [0.717, 1.165) is 32.4 Å². The summed E-state index contributed by atoms with van der Waals surface area (Å²) in [6, 6.07) is 23.8. The van der Waals surface area contributed by atoms with Gasteiger partial charge < -0.3 is 4.90 Å². The van der Waals surface area contributed by atoms with Crippen molar-refractivity contribution in [3.05, 3.63) is 71.8 Å². The number of hydrogen-bond acceptors (Lipinski definition) is 2. The van der Waals surface area contributed by atoms with Crippen molar-refractivity contribution >= 4 is 12.4 Å². The van der Waals surface area contributed by atoms with E-state index in [1.165, 1.54) is 24.0 Å². The van der Waals surface area contributed by atoms with Gasteiger partial charge in [0.2, 0.25) is 0 Å². The number of benzene rings is 2. The number of halogens is 1. The molecular formula is C23H29ClN2. The Bertz CT molecular complexity index is 691. The Kier molecular flexibility index (Phi) is 7.69. The van der Waals surface area contributed by atoms with Crippen molar-refractivity contribution in [2.75, 3.05) is 20.1 Å². The summed E-state index contributed by atoms with van der Waals surface area (Å²) in [5.41, 5.74) is 2.33. The Morgan fingerprint density at radius 2 is 1.62 bits per heavy atom. The van der Waals surface area contributed by atoms with Gasteiger partial charge in [0.25, 0.3) is 0 Å². The van der Waals surface area contributed by atoms with Gasteiger partial charge in [-0.15, -0.1) is 12.4 Å². The fourth-order valence-corrected chi connectivity index (χ4v) is 3.81. The highest BCUT2D eigenvalue weighted by molar-refractivity contribution is 5.85. The molecule has 1 atom stereocenters. The largest absolute Gasteiger partial charge is 0.306 e. The molecule has 0 spiro atoms. The zero-order valence-electron chi connectivity index (χ0n) is 15.6. The third-order valence-electron chi connectivity index (χ3n) is 5.50. The molecule has 1 aliphatic rings. The van der Waals surface area contributed by atoms with E-state index in [4.69, 9.17) is 0 Å². The molecule has 3 heteroatoms. The van der Waals surface area contributed by atoms with E-state index in [1.807, 2.05) is 6.07 Å². The molecule has 1 unspecified atom stereocenters. The van der Waals surface area contributed by atoms with Crippen LogP contribution in [0.1, 0.15) is 36.8 Å². The number of rotatable bonds is 9. The van der Waals surface area contributed by atoms with Gasteiger partial charge in [0.15, 0.2) is 0 Å². The van der Waals surface area contributed by atoms with Gasteiger partial charge in [0, 0.05) is 6.54 Å². The molecule has 138 valence electrons. The first kappa shape index (κ1) is 20.5. The smallest absolute Gasteiger partial charge is 0.0850 e. The minimum absolute atomic E-state index is 0. The third-order valence-corrected chi connectivity index (χ3v) is 5.50. The van der Waals surface area contributed by atoms with Crippen molar-refractivity contribution in [3.8, 4) is 6.07 Å². The van der Waals surface area contributed by atoms with Crippen molar-refractivity contribution in [1.29, 1.82) is 5.26 Å². The lowest BCUT2D eigenvalue weighted by Crippen LogP contribution is -2.29. The van der Waals surface area contributed by atoms with Crippen LogP contribution in [0.5, 0.6) is 0 Å². The summed E-state index contributed by atoms with van der Waals surface area (Å²) in [7, 11) is 2.19. The van der Waals surface area contributed by atoms with Crippen LogP contribution in [0, 0.1) is 17.2 Å². The molecule has 3 rings (SSSR count). The summed E-state index contributed by atoms with van der Waals surface area (Å²) >= 11 is 0. The predicted molar refractivity (Wildman–Crippen MR) is 111 cm³/mol. The topological polar surface area (TPSA) is 27.0 Å². The molecule has 1 saturated carbocycles. The van der Waals surface area contributed by atoms with Crippen molar-refractivity contribution in [1.82, 2.24) is 4.90 Å². The third kappa shape index (κ3) is 5.10. The summed E-state index contributed by atoms with van der Waals surface area (Å²) in [5, 5.41) is 9.99. The minimum atomic E-state index is -0.276. The predicted octanol–water partition coefficient (Wildman–Crippen LogP) is 5.23. The van der Waals surface area contributed by atoms with Crippen LogP contribution in [0.3, 0.4) is 0 Å².